The standard InChI is InChI=1S/C27H34N8S2.C25H28N8S2.C2H6.2CH3/c1-20-18-22(8-10-24(20)28-30-26-34(5)14-16-36-26)32(3)12-7-13-33(4)23-9-11-25(21(2)19-23)29-31-27-35(6)15-17-37-27;1-18-16-20(6-8-22(18)28-30-24-26-10-14-34-24)32(3)12-5-13-33(4)21-7-9-23(19(2)17-21)29-31-25-27-11-15-35-25;1-2;;/h8-11,14-19H,7,12-13H2,1-6H3;6-11,14-17H,5,12-13H2,1-4H3;1-2H3;2*1H3/q+2;;;2*-1. The van der Waals surface area contributed by atoms with Crippen molar-refractivity contribution in [3.63, 3.8) is 0 Å². The Balaban J connectivity index is 0.000000311. The lowest BCUT2D eigenvalue weighted by Gasteiger charge is -2.24. The molecule has 0 aliphatic rings. The Morgan fingerprint density at radius 1 is 0.408 bits per heavy atom. The fourth-order valence-electron chi connectivity index (χ4n) is 7.33. The molecule has 0 amide bonds. The van der Waals surface area contributed by atoms with E-state index >= 15 is 0 Å². The molecule has 0 spiro atoms. The molecule has 8 aromatic rings. The highest BCUT2D eigenvalue weighted by molar-refractivity contribution is 7.13. The van der Waals surface area contributed by atoms with E-state index in [4.69, 9.17) is 0 Å². The Bertz CT molecular complexity index is 2900. The number of azo groups is 4. The third-order valence-corrected chi connectivity index (χ3v) is 14.8. The second kappa shape index (κ2) is 31.1. The van der Waals surface area contributed by atoms with Gasteiger partial charge in [0.05, 0.1) is 35.7 Å². The average molecular weight is 1100 g/mol. The van der Waals surface area contributed by atoms with Crippen molar-refractivity contribution >= 4 is 111 Å². The number of hydrogen-bond acceptors (Lipinski definition) is 18. The number of anilines is 4. The largest absolute Gasteiger partial charge is 0.408 e. The van der Waals surface area contributed by atoms with Crippen molar-refractivity contribution in [1.29, 1.82) is 0 Å². The van der Waals surface area contributed by atoms with Gasteiger partial charge in [-0.3, -0.25) is 0 Å². The normalized spacial score (nSPS) is 11.1. The minimum Gasteiger partial charge on any atom is -0.375 e. The fourth-order valence-corrected chi connectivity index (χ4v) is 9.59. The summed E-state index contributed by atoms with van der Waals surface area (Å²) < 4.78 is 3.94. The van der Waals surface area contributed by atoms with Crippen LogP contribution in [0.5, 0.6) is 0 Å². The van der Waals surface area contributed by atoms with Crippen LogP contribution in [-0.2, 0) is 14.1 Å². The SMILES string of the molecule is CC.Cc1cc(N(C)CCCN(C)c2ccc(N=Nc3nccs3)c(C)c2)ccc1N=Nc1nccs1.Cc1cc(N(C)CCCN(C)c2ccc(N=Nc3scc[n+]3C)c(C)c2)ccc1N=Nc1scc[n+]1C.[CH3-].[CH3-]. The van der Waals surface area contributed by atoms with E-state index in [0.29, 0.717) is 10.3 Å². The summed E-state index contributed by atoms with van der Waals surface area (Å²) in [6.07, 6.45) is 9.50. The van der Waals surface area contributed by atoms with Crippen LogP contribution in [-0.4, -0.2) is 64.3 Å². The van der Waals surface area contributed by atoms with Gasteiger partial charge in [0.15, 0.2) is 0 Å². The van der Waals surface area contributed by atoms with Gasteiger partial charge in [-0.2, -0.15) is 0 Å². The Morgan fingerprint density at radius 2 is 0.697 bits per heavy atom. The van der Waals surface area contributed by atoms with Crippen LogP contribution >= 0.6 is 45.3 Å². The van der Waals surface area contributed by atoms with Gasteiger partial charge in [-0.15, -0.1) is 43.1 Å². The quantitative estimate of drug-likeness (QED) is 0.0422. The summed E-state index contributed by atoms with van der Waals surface area (Å²) in [4.78, 5) is 17.4. The lowest BCUT2D eigenvalue weighted by Crippen LogP contribution is -2.25. The van der Waals surface area contributed by atoms with Gasteiger partial charge in [0, 0.05) is 111 Å². The molecular formula is C56H74N16S4. The van der Waals surface area contributed by atoms with Gasteiger partial charge in [0.25, 0.3) is 0 Å². The second-order valence-corrected chi connectivity index (χ2v) is 20.8. The molecular weight excluding hydrogens is 1020 g/mol. The number of nitrogens with zero attached hydrogens (tertiary/aromatic N) is 16. The maximum atomic E-state index is 4.45. The first kappa shape index (κ1) is 61.5. The minimum atomic E-state index is 0. The average Bonchev–Trinajstić information content (AvgIpc) is 4.27. The van der Waals surface area contributed by atoms with E-state index in [0.717, 1.165) is 94.3 Å². The molecule has 0 N–H and O–H groups in total. The van der Waals surface area contributed by atoms with Crippen molar-refractivity contribution in [2.24, 2.45) is 55.0 Å². The van der Waals surface area contributed by atoms with E-state index in [1.165, 1.54) is 45.4 Å². The maximum absolute atomic E-state index is 4.45. The molecule has 4 aromatic heterocycles. The summed E-state index contributed by atoms with van der Waals surface area (Å²) in [5.74, 6) is 0. The van der Waals surface area contributed by atoms with Crippen LogP contribution < -0.4 is 28.7 Å². The van der Waals surface area contributed by atoms with Crippen LogP contribution in [0.3, 0.4) is 0 Å². The Kier molecular flexibility index (Phi) is 25.2. The number of thiazole rings is 4. The number of benzene rings is 4. The highest BCUT2D eigenvalue weighted by Gasteiger charge is 2.13. The molecule has 0 atom stereocenters. The van der Waals surface area contributed by atoms with Gasteiger partial charge in [0.1, 0.15) is 23.8 Å². The molecule has 4 heterocycles. The first-order valence-corrected chi connectivity index (χ1v) is 27.9. The van der Waals surface area contributed by atoms with Crippen LogP contribution in [0.25, 0.3) is 0 Å². The summed E-state index contributed by atoms with van der Waals surface area (Å²) in [5, 5.41) is 45.6. The van der Waals surface area contributed by atoms with E-state index in [1.54, 1.807) is 35.1 Å². The number of aryl methyl sites for hydroxylation is 6. The van der Waals surface area contributed by atoms with Crippen LogP contribution in [0.15, 0.2) is 160 Å². The van der Waals surface area contributed by atoms with Crippen molar-refractivity contribution in [3.05, 3.63) is 156 Å². The minimum absolute atomic E-state index is 0. The molecule has 16 nitrogen and oxygen atoms in total. The first-order valence-electron chi connectivity index (χ1n) is 24.4. The Morgan fingerprint density at radius 3 is 0.934 bits per heavy atom. The Labute approximate surface area is 467 Å². The lowest BCUT2D eigenvalue weighted by atomic mass is 10.1. The molecule has 0 saturated carbocycles. The molecule has 402 valence electrons. The van der Waals surface area contributed by atoms with Crippen LogP contribution in [0.4, 0.5) is 66.0 Å². The van der Waals surface area contributed by atoms with E-state index in [-0.39, 0.29) is 14.9 Å². The smallest absolute Gasteiger partial charge is 0.375 e. The van der Waals surface area contributed by atoms with Crippen molar-refractivity contribution in [2.75, 3.05) is 74.0 Å². The summed E-state index contributed by atoms with van der Waals surface area (Å²) in [6.45, 7) is 16.1. The number of aromatic nitrogens is 4. The predicted octanol–water partition coefficient (Wildman–Crippen LogP) is 16.8. The second-order valence-electron chi connectivity index (χ2n) is 17.3. The summed E-state index contributed by atoms with van der Waals surface area (Å²) >= 11 is 6.10. The van der Waals surface area contributed by atoms with Crippen molar-refractivity contribution in [2.45, 2.75) is 54.4 Å². The van der Waals surface area contributed by atoms with Crippen molar-refractivity contribution in [3.8, 4) is 0 Å². The van der Waals surface area contributed by atoms with Gasteiger partial charge >= 0.3 is 10.3 Å². The molecule has 0 bridgehead atoms. The molecule has 0 aliphatic carbocycles. The Hall–Kier alpha value is -7.00. The topological polar surface area (TPSA) is 145 Å². The molecule has 20 heteroatoms. The molecule has 0 aliphatic heterocycles. The third kappa shape index (κ3) is 18.1. The maximum Gasteiger partial charge on any atom is 0.408 e. The van der Waals surface area contributed by atoms with E-state index in [2.05, 4.69) is 175 Å². The monoisotopic (exact) mass is 1100 g/mol. The van der Waals surface area contributed by atoms with Gasteiger partial charge in [-0.25, -0.2) is 19.1 Å². The van der Waals surface area contributed by atoms with Gasteiger partial charge < -0.3 is 34.5 Å². The van der Waals surface area contributed by atoms with E-state index in [1.807, 2.05) is 95.3 Å². The summed E-state index contributed by atoms with van der Waals surface area (Å²) in [7, 11) is 12.5. The molecule has 4 aromatic carbocycles. The number of hydrogen-bond donors (Lipinski definition) is 0. The summed E-state index contributed by atoms with van der Waals surface area (Å²) in [5.41, 5.74) is 12.6. The van der Waals surface area contributed by atoms with E-state index in [9.17, 15) is 0 Å². The molecule has 76 heavy (non-hydrogen) atoms. The zero-order valence-corrected chi connectivity index (χ0v) is 49.8. The van der Waals surface area contributed by atoms with E-state index < -0.39 is 0 Å². The summed E-state index contributed by atoms with van der Waals surface area (Å²) in [6, 6.07) is 25.2. The highest BCUT2D eigenvalue weighted by atomic mass is 32.1. The highest BCUT2D eigenvalue weighted by Crippen LogP contribution is 2.31. The lowest BCUT2D eigenvalue weighted by molar-refractivity contribution is -0.654. The number of rotatable bonds is 20. The molecule has 0 unspecified atom stereocenters. The zero-order chi connectivity index (χ0) is 53.0. The van der Waals surface area contributed by atoms with Gasteiger partial charge in [-0.05, 0) is 168 Å². The molecule has 0 fully saturated rings. The molecule has 0 radical (unpaired) electrons. The first-order chi connectivity index (χ1) is 35.8. The zero-order valence-electron chi connectivity index (χ0n) is 46.6. The van der Waals surface area contributed by atoms with Gasteiger partial charge in [-0.1, -0.05) is 13.8 Å². The molecule has 0 saturated heterocycles. The fraction of sp³-hybridized carbons (Fsp3) is 0.321. The van der Waals surface area contributed by atoms with Crippen molar-refractivity contribution in [1.82, 2.24) is 9.97 Å². The third-order valence-electron chi connectivity index (χ3n) is 11.8. The predicted molar refractivity (Wildman–Crippen MR) is 323 cm³/mol. The van der Waals surface area contributed by atoms with Gasteiger partial charge in [0.2, 0.25) is 10.3 Å². The molecule has 8 rings (SSSR count). The van der Waals surface area contributed by atoms with Crippen molar-refractivity contribution < 1.29 is 9.13 Å². The van der Waals surface area contributed by atoms with Crippen LogP contribution in [0.1, 0.15) is 48.9 Å². The van der Waals surface area contributed by atoms with Crippen LogP contribution in [0.2, 0.25) is 0 Å². The van der Waals surface area contributed by atoms with Crippen LogP contribution in [0, 0.1) is 42.5 Å².